The SMILES string of the molecule is Oc1c(I)cc2sccc2c1F. The number of rotatable bonds is 0. The summed E-state index contributed by atoms with van der Waals surface area (Å²) >= 11 is 3.38. The molecule has 0 saturated carbocycles. The molecule has 0 bridgehead atoms. The van der Waals surface area contributed by atoms with Gasteiger partial charge >= 0.3 is 0 Å². The van der Waals surface area contributed by atoms with Crippen molar-refractivity contribution in [1.82, 2.24) is 0 Å². The molecule has 2 aromatic rings. The zero-order valence-corrected chi connectivity index (χ0v) is 8.82. The van der Waals surface area contributed by atoms with Crippen molar-refractivity contribution in [2.75, 3.05) is 0 Å². The number of aromatic hydroxyl groups is 1. The lowest BCUT2D eigenvalue weighted by Gasteiger charge is -1.99. The maximum Gasteiger partial charge on any atom is 0.174 e. The fourth-order valence-corrected chi connectivity index (χ4v) is 2.61. The molecule has 0 amide bonds. The van der Waals surface area contributed by atoms with Gasteiger partial charge in [0.15, 0.2) is 11.6 Å². The predicted octanol–water partition coefficient (Wildman–Crippen LogP) is 3.35. The highest BCUT2D eigenvalue weighted by atomic mass is 127. The van der Waals surface area contributed by atoms with Crippen LogP contribution in [0.4, 0.5) is 4.39 Å². The molecule has 1 aromatic carbocycles. The third kappa shape index (κ3) is 1.09. The number of hydrogen-bond acceptors (Lipinski definition) is 2. The van der Waals surface area contributed by atoms with E-state index in [4.69, 9.17) is 0 Å². The van der Waals surface area contributed by atoms with Gasteiger partial charge in [-0.15, -0.1) is 11.3 Å². The molecule has 0 aliphatic rings. The molecule has 1 N–H and O–H groups in total. The average molecular weight is 294 g/mol. The second kappa shape index (κ2) is 2.85. The van der Waals surface area contributed by atoms with Crippen LogP contribution in [0.3, 0.4) is 0 Å². The highest BCUT2D eigenvalue weighted by Crippen LogP contribution is 2.33. The van der Waals surface area contributed by atoms with Crippen LogP contribution < -0.4 is 0 Å². The third-order valence-corrected chi connectivity index (χ3v) is 3.31. The minimum atomic E-state index is -0.516. The second-order valence-electron chi connectivity index (χ2n) is 2.35. The molecule has 0 unspecified atom stereocenters. The Balaban J connectivity index is 2.94. The molecule has 12 heavy (non-hydrogen) atoms. The fourth-order valence-electron chi connectivity index (χ4n) is 1.03. The van der Waals surface area contributed by atoms with Crippen molar-refractivity contribution in [1.29, 1.82) is 0 Å². The molecule has 0 aliphatic carbocycles. The maximum atomic E-state index is 13.2. The van der Waals surface area contributed by atoms with Crippen molar-refractivity contribution < 1.29 is 9.50 Å². The summed E-state index contributed by atoms with van der Waals surface area (Å²) in [5.74, 6) is -0.764. The second-order valence-corrected chi connectivity index (χ2v) is 4.46. The van der Waals surface area contributed by atoms with E-state index in [9.17, 15) is 9.50 Å². The van der Waals surface area contributed by atoms with Crippen LogP contribution in [0.2, 0.25) is 0 Å². The quantitative estimate of drug-likeness (QED) is 0.739. The Morgan fingerprint density at radius 3 is 3.00 bits per heavy atom. The van der Waals surface area contributed by atoms with Gasteiger partial charge in [-0.2, -0.15) is 0 Å². The summed E-state index contributed by atoms with van der Waals surface area (Å²) in [5, 5.41) is 11.6. The van der Waals surface area contributed by atoms with Gasteiger partial charge in [0.25, 0.3) is 0 Å². The van der Waals surface area contributed by atoms with Crippen molar-refractivity contribution >= 4 is 44.0 Å². The lowest BCUT2D eigenvalue weighted by atomic mass is 10.2. The summed E-state index contributed by atoms with van der Waals surface area (Å²) in [6.07, 6.45) is 0. The standard InChI is InChI=1S/C8H4FIOS/c9-7-4-1-2-12-6(4)3-5(10)8(7)11/h1-3,11H. The molecule has 4 heteroatoms. The first-order chi connectivity index (χ1) is 5.70. The minimum Gasteiger partial charge on any atom is -0.504 e. The van der Waals surface area contributed by atoms with Crippen LogP contribution in [0.5, 0.6) is 5.75 Å². The summed E-state index contributed by atoms with van der Waals surface area (Å²) in [5.41, 5.74) is 0. The number of thiophene rings is 1. The summed E-state index contributed by atoms with van der Waals surface area (Å²) < 4.78 is 14.7. The van der Waals surface area contributed by atoms with E-state index in [0.29, 0.717) is 8.96 Å². The van der Waals surface area contributed by atoms with E-state index in [0.717, 1.165) is 4.70 Å². The number of hydrogen-bond donors (Lipinski definition) is 1. The number of halogens is 2. The Labute approximate surface area is 86.0 Å². The Morgan fingerprint density at radius 2 is 2.25 bits per heavy atom. The summed E-state index contributed by atoms with van der Waals surface area (Å²) in [6.45, 7) is 0. The van der Waals surface area contributed by atoms with Gasteiger partial charge in [-0.05, 0) is 40.1 Å². The fraction of sp³-hybridized carbons (Fsp3) is 0. The molecule has 0 aliphatic heterocycles. The summed E-state index contributed by atoms with van der Waals surface area (Å²) in [4.78, 5) is 0. The van der Waals surface area contributed by atoms with E-state index in [1.807, 2.05) is 28.0 Å². The van der Waals surface area contributed by atoms with Gasteiger partial charge in [0.05, 0.1) is 3.57 Å². The van der Waals surface area contributed by atoms with Crippen LogP contribution in [-0.4, -0.2) is 5.11 Å². The Hall–Kier alpha value is -0.360. The van der Waals surface area contributed by atoms with Gasteiger partial charge in [-0.25, -0.2) is 4.39 Å². The average Bonchev–Trinajstić information content (AvgIpc) is 2.48. The molecule has 0 radical (unpaired) electrons. The lowest BCUT2D eigenvalue weighted by Crippen LogP contribution is -1.80. The molecular formula is C8H4FIOS. The maximum absolute atomic E-state index is 13.2. The normalized spacial score (nSPS) is 10.8. The molecule has 1 aromatic heterocycles. The van der Waals surface area contributed by atoms with E-state index >= 15 is 0 Å². The van der Waals surface area contributed by atoms with Crippen LogP contribution in [0.25, 0.3) is 10.1 Å². The third-order valence-electron chi connectivity index (χ3n) is 1.62. The van der Waals surface area contributed by atoms with Gasteiger partial charge in [-0.3, -0.25) is 0 Å². The first-order valence-electron chi connectivity index (χ1n) is 3.24. The monoisotopic (exact) mass is 294 g/mol. The first-order valence-corrected chi connectivity index (χ1v) is 5.20. The number of phenolic OH excluding ortho intramolecular Hbond substituents is 1. The molecule has 1 heterocycles. The molecule has 0 fully saturated rings. The highest BCUT2D eigenvalue weighted by molar-refractivity contribution is 14.1. The molecule has 0 saturated heterocycles. The van der Waals surface area contributed by atoms with Crippen molar-refractivity contribution in [3.05, 3.63) is 26.9 Å². The van der Waals surface area contributed by atoms with E-state index in [2.05, 4.69) is 0 Å². The number of fused-ring (bicyclic) bond motifs is 1. The number of phenols is 1. The molecule has 0 atom stereocenters. The van der Waals surface area contributed by atoms with E-state index in [1.165, 1.54) is 11.3 Å². The molecule has 0 spiro atoms. The Kier molecular flexibility index (Phi) is 1.96. The van der Waals surface area contributed by atoms with Crippen LogP contribution >= 0.6 is 33.9 Å². The van der Waals surface area contributed by atoms with Gasteiger partial charge in [0, 0.05) is 10.1 Å². The van der Waals surface area contributed by atoms with Gasteiger partial charge in [-0.1, -0.05) is 0 Å². The number of benzene rings is 1. The smallest absolute Gasteiger partial charge is 0.174 e. The molecule has 2 rings (SSSR count). The van der Waals surface area contributed by atoms with Crippen molar-refractivity contribution in [2.45, 2.75) is 0 Å². The van der Waals surface area contributed by atoms with Gasteiger partial charge in [0.2, 0.25) is 0 Å². The zero-order valence-electron chi connectivity index (χ0n) is 5.84. The van der Waals surface area contributed by atoms with Gasteiger partial charge in [0.1, 0.15) is 0 Å². The van der Waals surface area contributed by atoms with Crippen LogP contribution in [0.15, 0.2) is 17.5 Å². The zero-order chi connectivity index (χ0) is 8.72. The minimum absolute atomic E-state index is 0.249. The van der Waals surface area contributed by atoms with E-state index in [1.54, 1.807) is 12.1 Å². The topological polar surface area (TPSA) is 20.2 Å². The summed E-state index contributed by atoms with van der Waals surface area (Å²) in [6, 6.07) is 3.45. The van der Waals surface area contributed by atoms with Crippen molar-refractivity contribution in [3.63, 3.8) is 0 Å². The van der Waals surface area contributed by atoms with Crippen LogP contribution in [-0.2, 0) is 0 Å². The largest absolute Gasteiger partial charge is 0.504 e. The predicted molar refractivity (Wildman–Crippen MR) is 56.2 cm³/mol. The molecular weight excluding hydrogens is 290 g/mol. The van der Waals surface area contributed by atoms with E-state index in [-0.39, 0.29) is 5.75 Å². The Morgan fingerprint density at radius 1 is 1.50 bits per heavy atom. The first kappa shape index (κ1) is 8.25. The summed E-state index contributed by atoms with van der Waals surface area (Å²) in [7, 11) is 0. The molecule has 1 nitrogen and oxygen atoms in total. The van der Waals surface area contributed by atoms with E-state index < -0.39 is 5.82 Å². The highest BCUT2D eigenvalue weighted by Gasteiger charge is 2.10. The molecule has 62 valence electrons. The Bertz CT molecular complexity index is 438. The van der Waals surface area contributed by atoms with Crippen LogP contribution in [0, 0.1) is 9.39 Å². The van der Waals surface area contributed by atoms with Crippen molar-refractivity contribution in [3.8, 4) is 5.75 Å². The lowest BCUT2D eigenvalue weighted by molar-refractivity contribution is 0.432. The van der Waals surface area contributed by atoms with Crippen molar-refractivity contribution in [2.24, 2.45) is 0 Å². The van der Waals surface area contributed by atoms with Gasteiger partial charge < -0.3 is 5.11 Å². The van der Waals surface area contributed by atoms with Crippen LogP contribution in [0.1, 0.15) is 0 Å².